The molecule has 0 aliphatic heterocycles. The average molecular weight is 225 g/mol. The minimum atomic E-state index is -0.256. The van der Waals surface area contributed by atoms with Crippen LogP contribution in [0, 0.1) is 17.7 Å². The van der Waals surface area contributed by atoms with Crippen LogP contribution in [0.5, 0.6) is 0 Å². The molecule has 0 atom stereocenters. The van der Waals surface area contributed by atoms with Crippen molar-refractivity contribution in [2.45, 2.75) is 0 Å². The number of para-hydroxylation sites is 1. The molecular formula is C15H12FN. The van der Waals surface area contributed by atoms with Gasteiger partial charge in [0.25, 0.3) is 0 Å². The molecule has 1 nitrogen and oxygen atoms in total. The molecule has 2 aromatic rings. The van der Waals surface area contributed by atoms with Crippen LogP contribution in [-0.4, -0.2) is 6.54 Å². The fourth-order valence-electron chi connectivity index (χ4n) is 1.41. The fourth-order valence-corrected chi connectivity index (χ4v) is 1.41. The molecule has 0 fully saturated rings. The van der Waals surface area contributed by atoms with E-state index >= 15 is 0 Å². The molecule has 0 amide bonds. The molecule has 0 aromatic heterocycles. The third kappa shape index (κ3) is 3.35. The van der Waals surface area contributed by atoms with Crippen molar-refractivity contribution in [3.8, 4) is 11.8 Å². The Balaban J connectivity index is 1.93. The zero-order valence-electron chi connectivity index (χ0n) is 9.28. The summed E-state index contributed by atoms with van der Waals surface area (Å²) in [4.78, 5) is 0. The van der Waals surface area contributed by atoms with Crippen LogP contribution in [0.1, 0.15) is 5.56 Å². The maximum Gasteiger partial charge on any atom is 0.146 e. The number of benzene rings is 2. The first-order valence-corrected chi connectivity index (χ1v) is 5.38. The lowest BCUT2D eigenvalue weighted by molar-refractivity contribution is 0.631. The highest BCUT2D eigenvalue weighted by Gasteiger charge is 1.96. The number of rotatable bonds is 2. The van der Waals surface area contributed by atoms with Crippen molar-refractivity contribution >= 4 is 5.69 Å². The molecule has 2 heteroatoms. The van der Waals surface area contributed by atoms with Crippen LogP contribution in [-0.2, 0) is 0 Å². The Morgan fingerprint density at radius 3 is 2.41 bits per heavy atom. The smallest absolute Gasteiger partial charge is 0.146 e. The Morgan fingerprint density at radius 1 is 0.941 bits per heavy atom. The van der Waals surface area contributed by atoms with Gasteiger partial charge in [-0.1, -0.05) is 42.2 Å². The summed E-state index contributed by atoms with van der Waals surface area (Å²) in [5.74, 6) is 5.69. The Bertz CT molecular complexity index is 538. The number of halogens is 1. The van der Waals surface area contributed by atoms with Crippen LogP contribution >= 0.6 is 0 Å². The van der Waals surface area contributed by atoms with E-state index in [2.05, 4.69) is 17.2 Å². The second-order valence-corrected chi connectivity index (χ2v) is 3.50. The summed E-state index contributed by atoms with van der Waals surface area (Å²) in [6, 6.07) is 16.3. The van der Waals surface area contributed by atoms with Crippen LogP contribution < -0.4 is 5.32 Å². The third-order valence-corrected chi connectivity index (χ3v) is 2.25. The summed E-state index contributed by atoms with van der Waals surface area (Å²) in [6.07, 6.45) is 0. The molecule has 1 N–H and O–H groups in total. The summed E-state index contributed by atoms with van der Waals surface area (Å²) in [6.45, 7) is 0.426. The van der Waals surface area contributed by atoms with Gasteiger partial charge in [-0.25, -0.2) is 4.39 Å². The van der Waals surface area contributed by atoms with Crippen LogP contribution in [0.4, 0.5) is 10.1 Å². The molecule has 0 saturated heterocycles. The predicted octanol–water partition coefficient (Wildman–Crippen LogP) is 3.29. The molecule has 0 aliphatic carbocycles. The van der Waals surface area contributed by atoms with E-state index < -0.39 is 0 Å². The van der Waals surface area contributed by atoms with Gasteiger partial charge in [0.15, 0.2) is 0 Å². The minimum absolute atomic E-state index is 0.256. The fraction of sp³-hybridized carbons (Fsp3) is 0.0667. The van der Waals surface area contributed by atoms with Gasteiger partial charge in [-0.05, 0) is 24.3 Å². The van der Waals surface area contributed by atoms with Gasteiger partial charge in [-0.2, -0.15) is 0 Å². The molecule has 0 spiro atoms. The van der Waals surface area contributed by atoms with E-state index in [-0.39, 0.29) is 5.82 Å². The summed E-state index contributed by atoms with van der Waals surface area (Å²) < 4.78 is 13.2. The molecule has 0 unspecified atom stereocenters. The molecule has 2 aromatic carbocycles. The highest BCUT2D eigenvalue weighted by Crippen LogP contribution is 2.11. The second kappa shape index (κ2) is 5.72. The van der Waals surface area contributed by atoms with E-state index in [1.54, 1.807) is 18.2 Å². The maximum absolute atomic E-state index is 13.2. The topological polar surface area (TPSA) is 12.0 Å². The van der Waals surface area contributed by atoms with Gasteiger partial charge in [0.1, 0.15) is 5.82 Å². The quantitative estimate of drug-likeness (QED) is 0.773. The lowest BCUT2D eigenvalue weighted by Gasteiger charge is -2.02. The van der Waals surface area contributed by atoms with Gasteiger partial charge in [0, 0.05) is 5.56 Å². The highest BCUT2D eigenvalue weighted by atomic mass is 19.1. The largest absolute Gasteiger partial charge is 0.372 e. The first-order valence-electron chi connectivity index (χ1n) is 5.38. The predicted molar refractivity (Wildman–Crippen MR) is 68.2 cm³/mol. The molecule has 0 radical (unpaired) electrons. The molecule has 0 aliphatic rings. The zero-order chi connectivity index (χ0) is 11.9. The number of hydrogen-bond donors (Lipinski definition) is 1. The first kappa shape index (κ1) is 11.2. The lowest BCUT2D eigenvalue weighted by Crippen LogP contribution is -2.00. The third-order valence-electron chi connectivity index (χ3n) is 2.25. The van der Waals surface area contributed by atoms with E-state index in [9.17, 15) is 4.39 Å². The van der Waals surface area contributed by atoms with E-state index in [0.717, 1.165) is 5.56 Å². The van der Waals surface area contributed by atoms with Crippen LogP contribution in [0.25, 0.3) is 0 Å². The molecule has 84 valence electrons. The van der Waals surface area contributed by atoms with E-state index in [4.69, 9.17) is 0 Å². The summed E-state index contributed by atoms with van der Waals surface area (Å²) >= 11 is 0. The number of anilines is 1. The van der Waals surface area contributed by atoms with E-state index in [0.29, 0.717) is 12.2 Å². The normalized spacial score (nSPS) is 9.24. The monoisotopic (exact) mass is 225 g/mol. The lowest BCUT2D eigenvalue weighted by atomic mass is 10.2. The molecule has 0 heterocycles. The van der Waals surface area contributed by atoms with Crippen molar-refractivity contribution in [2.75, 3.05) is 11.9 Å². The standard InChI is InChI=1S/C15H12FN/c16-14-10-4-5-11-15(14)17-12-6-9-13-7-2-1-3-8-13/h1-5,7-8,10-11,17H,12H2. The SMILES string of the molecule is Fc1ccccc1NCC#Cc1ccccc1. The van der Waals surface area contributed by atoms with Crippen molar-refractivity contribution in [2.24, 2.45) is 0 Å². The number of nitrogens with one attached hydrogen (secondary N) is 1. The Morgan fingerprint density at radius 2 is 1.65 bits per heavy atom. The molecule has 0 saturated carbocycles. The molecular weight excluding hydrogens is 213 g/mol. The summed E-state index contributed by atoms with van der Waals surface area (Å²) in [7, 11) is 0. The number of hydrogen-bond acceptors (Lipinski definition) is 1. The van der Waals surface area contributed by atoms with Gasteiger partial charge in [0.05, 0.1) is 12.2 Å². The Hall–Kier alpha value is -2.27. The molecule has 17 heavy (non-hydrogen) atoms. The highest BCUT2D eigenvalue weighted by molar-refractivity contribution is 5.46. The Labute approximate surface area is 100 Å². The summed E-state index contributed by atoms with van der Waals surface area (Å²) in [5, 5.41) is 2.93. The van der Waals surface area contributed by atoms with Crippen LogP contribution in [0.15, 0.2) is 54.6 Å². The second-order valence-electron chi connectivity index (χ2n) is 3.50. The zero-order valence-corrected chi connectivity index (χ0v) is 9.28. The van der Waals surface area contributed by atoms with Gasteiger partial charge < -0.3 is 5.32 Å². The van der Waals surface area contributed by atoms with Gasteiger partial charge >= 0.3 is 0 Å². The van der Waals surface area contributed by atoms with Gasteiger partial charge in [-0.3, -0.25) is 0 Å². The molecule has 0 bridgehead atoms. The van der Waals surface area contributed by atoms with Crippen molar-refractivity contribution in [3.05, 3.63) is 66.0 Å². The summed E-state index contributed by atoms with van der Waals surface area (Å²) in [5.41, 5.74) is 1.44. The van der Waals surface area contributed by atoms with Crippen LogP contribution in [0.2, 0.25) is 0 Å². The van der Waals surface area contributed by atoms with Crippen molar-refractivity contribution < 1.29 is 4.39 Å². The first-order chi connectivity index (χ1) is 8.36. The van der Waals surface area contributed by atoms with Crippen molar-refractivity contribution in [1.29, 1.82) is 0 Å². The van der Waals surface area contributed by atoms with E-state index in [1.807, 2.05) is 30.3 Å². The van der Waals surface area contributed by atoms with E-state index in [1.165, 1.54) is 6.07 Å². The minimum Gasteiger partial charge on any atom is -0.372 e. The van der Waals surface area contributed by atoms with Crippen molar-refractivity contribution in [3.63, 3.8) is 0 Å². The molecule has 2 rings (SSSR count). The van der Waals surface area contributed by atoms with Crippen LogP contribution in [0.3, 0.4) is 0 Å². The van der Waals surface area contributed by atoms with Gasteiger partial charge in [0.2, 0.25) is 0 Å². The average Bonchev–Trinajstić information content (AvgIpc) is 2.38. The van der Waals surface area contributed by atoms with Gasteiger partial charge in [-0.15, -0.1) is 0 Å². The maximum atomic E-state index is 13.2. The van der Waals surface area contributed by atoms with Crippen molar-refractivity contribution in [1.82, 2.24) is 0 Å². The Kier molecular flexibility index (Phi) is 3.77.